The van der Waals surface area contributed by atoms with Crippen LogP contribution in [0, 0.1) is 19.1 Å². The number of H-pyrrole nitrogens is 1. The van der Waals surface area contributed by atoms with Gasteiger partial charge in [-0.25, -0.2) is 4.79 Å². The van der Waals surface area contributed by atoms with E-state index in [1.807, 2.05) is 19.9 Å². The minimum Gasteiger partial charge on any atom is -0.595 e. The van der Waals surface area contributed by atoms with Gasteiger partial charge in [0.05, 0.1) is 0 Å². The summed E-state index contributed by atoms with van der Waals surface area (Å²) < 4.78 is 0. The molecule has 5 nitrogen and oxygen atoms in total. The fraction of sp³-hybridized carbons (Fsp3) is 0.222. The summed E-state index contributed by atoms with van der Waals surface area (Å²) in [6.07, 6.45) is 0. The van der Waals surface area contributed by atoms with Crippen LogP contribution >= 0.6 is 0 Å². The molecule has 1 N–H and O–H groups in total. The lowest BCUT2D eigenvalue weighted by molar-refractivity contribution is -0.644. The van der Waals surface area contributed by atoms with Crippen LogP contribution in [0.5, 0.6) is 0 Å². The van der Waals surface area contributed by atoms with E-state index in [1.54, 1.807) is 6.07 Å². The van der Waals surface area contributed by atoms with Gasteiger partial charge < -0.3 is 5.21 Å². The molecule has 0 radical (unpaired) electrons. The predicted octanol–water partition coefficient (Wildman–Crippen LogP) is 0.173. The van der Waals surface area contributed by atoms with Gasteiger partial charge in [-0.2, -0.15) is 4.98 Å². The monoisotopic (exact) mass is 191 g/mol. The number of rotatable bonds is 0. The molecule has 72 valence electrons. The summed E-state index contributed by atoms with van der Waals surface area (Å²) in [5.74, 6) is 0. The van der Waals surface area contributed by atoms with Crippen LogP contribution in [0.2, 0.25) is 0 Å². The van der Waals surface area contributed by atoms with Crippen molar-refractivity contribution < 1.29 is 4.85 Å². The van der Waals surface area contributed by atoms with Crippen molar-refractivity contribution in [1.29, 1.82) is 0 Å². The highest BCUT2D eigenvalue weighted by atomic mass is 16.5. The highest BCUT2D eigenvalue weighted by Crippen LogP contribution is 2.12. The second-order valence-corrected chi connectivity index (χ2v) is 3.27. The Morgan fingerprint density at radius 3 is 2.86 bits per heavy atom. The van der Waals surface area contributed by atoms with E-state index in [4.69, 9.17) is 0 Å². The SMILES string of the molecule is Cc1cc(C)c2nc(=O)[nH][n+]([O-])c2c1. The third kappa shape index (κ3) is 1.22. The Morgan fingerprint density at radius 2 is 2.14 bits per heavy atom. The van der Waals surface area contributed by atoms with Crippen molar-refractivity contribution in [3.8, 4) is 0 Å². The zero-order valence-electron chi connectivity index (χ0n) is 7.87. The Morgan fingerprint density at radius 1 is 1.43 bits per heavy atom. The van der Waals surface area contributed by atoms with Gasteiger partial charge in [0.25, 0.3) is 5.52 Å². The van der Waals surface area contributed by atoms with Gasteiger partial charge in [0.2, 0.25) is 0 Å². The first-order valence-corrected chi connectivity index (χ1v) is 4.19. The number of aromatic amines is 1. The molecule has 0 spiro atoms. The van der Waals surface area contributed by atoms with Gasteiger partial charge in [0.1, 0.15) is 5.52 Å². The standard InChI is InChI=1S/C9H9N3O2/c1-5-3-6(2)8-7(4-5)12(14)11-9(13)10-8/h3-4H,1-2H3,(H,10,11,13). The number of benzene rings is 1. The molecule has 2 rings (SSSR count). The summed E-state index contributed by atoms with van der Waals surface area (Å²) in [4.78, 5) is 15.1. The fourth-order valence-electron chi connectivity index (χ4n) is 1.51. The molecule has 0 saturated carbocycles. The highest BCUT2D eigenvalue weighted by Gasteiger charge is 2.09. The molecule has 2 aromatic rings. The lowest BCUT2D eigenvalue weighted by Gasteiger charge is -2.02. The first-order chi connectivity index (χ1) is 6.58. The Bertz CT molecular complexity index is 560. The lowest BCUT2D eigenvalue weighted by Crippen LogP contribution is -2.39. The normalized spacial score (nSPS) is 10.7. The van der Waals surface area contributed by atoms with Crippen molar-refractivity contribution in [3.63, 3.8) is 0 Å². The van der Waals surface area contributed by atoms with E-state index in [0.29, 0.717) is 15.9 Å². The average Bonchev–Trinajstić information content (AvgIpc) is 2.07. The van der Waals surface area contributed by atoms with E-state index in [-0.39, 0.29) is 0 Å². The molecule has 0 aliphatic rings. The van der Waals surface area contributed by atoms with Gasteiger partial charge >= 0.3 is 5.69 Å². The van der Waals surface area contributed by atoms with Crippen LogP contribution < -0.4 is 10.5 Å². The molecule has 0 fully saturated rings. The average molecular weight is 191 g/mol. The summed E-state index contributed by atoms with van der Waals surface area (Å²) >= 11 is 0. The first-order valence-electron chi connectivity index (χ1n) is 4.19. The van der Waals surface area contributed by atoms with Gasteiger partial charge in [-0.15, -0.1) is 0 Å². The molecule has 0 bridgehead atoms. The summed E-state index contributed by atoms with van der Waals surface area (Å²) in [6, 6.07) is 3.58. The molecule has 1 aromatic carbocycles. The van der Waals surface area contributed by atoms with Crippen LogP contribution in [0.4, 0.5) is 0 Å². The van der Waals surface area contributed by atoms with E-state index >= 15 is 0 Å². The maximum absolute atomic E-state index is 11.3. The molecule has 0 aliphatic carbocycles. The number of aromatic nitrogens is 3. The van der Waals surface area contributed by atoms with E-state index in [9.17, 15) is 10.0 Å². The molecule has 1 heterocycles. The van der Waals surface area contributed by atoms with Gasteiger partial charge in [-0.1, -0.05) is 16.0 Å². The highest BCUT2D eigenvalue weighted by molar-refractivity contribution is 5.75. The summed E-state index contributed by atoms with van der Waals surface area (Å²) in [6.45, 7) is 3.71. The number of aryl methyl sites for hydroxylation is 2. The number of fused-ring (bicyclic) bond motifs is 1. The van der Waals surface area contributed by atoms with Crippen LogP contribution in [0.25, 0.3) is 11.0 Å². The fourth-order valence-corrected chi connectivity index (χ4v) is 1.51. The Kier molecular flexibility index (Phi) is 1.73. The van der Waals surface area contributed by atoms with Crippen molar-refractivity contribution in [2.75, 3.05) is 0 Å². The largest absolute Gasteiger partial charge is 0.595 e. The van der Waals surface area contributed by atoms with Crippen LogP contribution in [-0.2, 0) is 0 Å². The smallest absolute Gasteiger partial charge is 0.395 e. The maximum atomic E-state index is 11.3. The Hall–Kier alpha value is -1.91. The zero-order chi connectivity index (χ0) is 10.3. The topological polar surface area (TPSA) is 72.7 Å². The number of hydrogen-bond donors (Lipinski definition) is 1. The molecule has 14 heavy (non-hydrogen) atoms. The second-order valence-electron chi connectivity index (χ2n) is 3.27. The lowest BCUT2D eigenvalue weighted by atomic mass is 10.1. The molecule has 0 atom stereocenters. The van der Waals surface area contributed by atoms with E-state index in [0.717, 1.165) is 11.1 Å². The minimum absolute atomic E-state index is 0.391. The van der Waals surface area contributed by atoms with Crippen LogP contribution in [0.15, 0.2) is 16.9 Å². The van der Waals surface area contributed by atoms with Crippen molar-refractivity contribution in [2.45, 2.75) is 13.8 Å². The van der Waals surface area contributed by atoms with Gasteiger partial charge in [0, 0.05) is 6.07 Å². The van der Waals surface area contributed by atoms with E-state index < -0.39 is 5.69 Å². The number of nitrogens with zero attached hydrogens (tertiary/aromatic N) is 2. The molecule has 0 aliphatic heterocycles. The summed E-state index contributed by atoms with van der Waals surface area (Å²) in [5, 5.41) is 13.4. The third-order valence-electron chi connectivity index (χ3n) is 2.05. The van der Waals surface area contributed by atoms with E-state index in [2.05, 4.69) is 10.1 Å². The molecule has 0 unspecified atom stereocenters. The van der Waals surface area contributed by atoms with Crippen molar-refractivity contribution in [1.82, 2.24) is 10.1 Å². The molecule has 0 amide bonds. The minimum atomic E-state index is -0.626. The zero-order valence-corrected chi connectivity index (χ0v) is 7.87. The van der Waals surface area contributed by atoms with Crippen molar-refractivity contribution >= 4 is 11.0 Å². The Labute approximate surface area is 79.6 Å². The quantitative estimate of drug-likeness (QED) is 0.476. The molecule has 5 heteroatoms. The first kappa shape index (κ1) is 8.68. The molecular weight excluding hydrogens is 182 g/mol. The van der Waals surface area contributed by atoms with Gasteiger partial charge in [0.15, 0.2) is 0 Å². The van der Waals surface area contributed by atoms with Crippen LogP contribution in [-0.4, -0.2) is 10.1 Å². The van der Waals surface area contributed by atoms with Crippen LogP contribution in [0.3, 0.4) is 0 Å². The van der Waals surface area contributed by atoms with Crippen molar-refractivity contribution in [3.05, 3.63) is 39.0 Å². The van der Waals surface area contributed by atoms with Crippen LogP contribution in [0.1, 0.15) is 11.1 Å². The summed E-state index contributed by atoms with van der Waals surface area (Å²) in [5.41, 5.74) is 2.01. The van der Waals surface area contributed by atoms with Crippen molar-refractivity contribution in [2.24, 2.45) is 0 Å². The van der Waals surface area contributed by atoms with Gasteiger partial charge in [-0.05, 0) is 25.0 Å². The predicted molar refractivity (Wildman–Crippen MR) is 50.8 cm³/mol. The third-order valence-corrected chi connectivity index (χ3v) is 2.05. The maximum Gasteiger partial charge on any atom is 0.395 e. The van der Waals surface area contributed by atoms with E-state index in [1.165, 1.54) is 0 Å². The molecular formula is C9H9N3O2. The number of nitrogens with one attached hydrogen (secondary N) is 1. The summed E-state index contributed by atoms with van der Waals surface area (Å²) in [7, 11) is 0. The second kappa shape index (κ2) is 2.80. The van der Waals surface area contributed by atoms with Gasteiger partial charge in [-0.3, -0.25) is 0 Å². The molecule has 0 saturated heterocycles. The molecule has 1 aromatic heterocycles. The Balaban J connectivity index is 3.01. The number of hydrogen-bond acceptors (Lipinski definition) is 3.